The number of aromatic amines is 1. The van der Waals surface area contributed by atoms with Crippen LogP contribution in [0.4, 0.5) is 11.4 Å². The molecule has 0 fully saturated rings. The van der Waals surface area contributed by atoms with Crippen molar-refractivity contribution >= 4 is 40.1 Å². The molecule has 1 atom stereocenters. The standard InChI is InChI=1S/C24H30N6O2S/c1-5-7-8-16(6-2)27-18-11-17(9-10-21(18)32-4)28-22(31)14-33-24-29-20-13-26-19(12-25)15(3)23(20)30-24/h9-11,13,16,27H,5-8,14H2,1-4H3,(H,28,31)(H,29,30)/t16-/m1/s1. The maximum absolute atomic E-state index is 12.6. The van der Waals surface area contributed by atoms with Crippen LogP contribution < -0.4 is 15.4 Å². The molecule has 3 N–H and O–H groups in total. The van der Waals surface area contributed by atoms with Gasteiger partial charge in [-0.05, 0) is 38.0 Å². The van der Waals surface area contributed by atoms with Crippen molar-refractivity contribution in [2.45, 2.75) is 57.7 Å². The number of rotatable bonds is 11. The highest BCUT2D eigenvalue weighted by atomic mass is 32.2. The van der Waals surface area contributed by atoms with Crippen LogP contribution in [0.25, 0.3) is 11.0 Å². The maximum atomic E-state index is 12.6. The number of unbranched alkanes of at least 4 members (excludes halogenated alkanes) is 1. The van der Waals surface area contributed by atoms with Crippen LogP contribution in [0.1, 0.15) is 50.8 Å². The predicted octanol–water partition coefficient (Wildman–Crippen LogP) is 5.26. The second kappa shape index (κ2) is 11.6. The summed E-state index contributed by atoms with van der Waals surface area (Å²) in [6.45, 7) is 6.17. The van der Waals surface area contributed by atoms with Crippen molar-refractivity contribution in [3.63, 3.8) is 0 Å². The van der Waals surface area contributed by atoms with Gasteiger partial charge in [-0.1, -0.05) is 38.5 Å². The quantitative estimate of drug-likeness (QED) is 0.330. The van der Waals surface area contributed by atoms with Gasteiger partial charge in [0.15, 0.2) is 5.16 Å². The first-order valence-electron chi connectivity index (χ1n) is 11.1. The van der Waals surface area contributed by atoms with E-state index in [2.05, 4.69) is 45.5 Å². The average Bonchev–Trinajstić information content (AvgIpc) is 3.25. The van der Waals surface area contributed by atoms with Crippen molar-refractivity contribution in [3.05, 3.63) is 35.7 Å². The van der Waals surface area contributed by atoms with Gasteiger partial charge in [0, 0.05) is 17.3 Å². The Morgan fingerprint density at radius 1 is 1.36 bits per heavy atom. The second-order valence-corrected chi connectivity index (χ2v) is 8.76. The number of hydrogen-bond donors (Lipinski definition) is 3. The SMILES string of the molecule is CCCC[C@@H](CC)Nc1cc(NC(=O)CSc2nc3c(C)c(C#N)ncc3[nH]2)ccc1OC. The summed E-state index contributed by atoms with van der Waals surface area (Å²) in [6, 6.07) is 8.02. The number of anilines is 2. The van der Waals surface area contributed by atoms with E-state index in [1.807, 2.05) is 25.1 Å². The van der Waals surface area contributed by atoms with Crippen LogP contribution in [-0.2, 0) is 4.79 Å². The number of thioether (sulfide) groups is 1. The van der Waals surface area contributed by atoms with Gasteiger partial charge in [-0.2, -0.15) is 5.26 Å². The summed E-state index contributed by atoms with van der Waals surface area (Å²) < 4.78 is 5.50. The molecule has 3 rings (SSSR count). The Bertz CT molecular complexity index is 1150. The maximum Gasteiger partial charge on any atom is 0.234 e. The number of nitrogens with one attached hydrogen (secondary N) is 3. The number of aryl methyl sites for hydroxylation is 1. The molecule has 0 radical (unpaired) electrons. The van der Waals surface area contributed by atoms with Crippen LogP contribution in [0, 0.1) is 18.3 Å². The number of methoxy groups -OCH3 is 1. The fourth-order valence-corrected chi connectivity index (χ4v) is 4.22. The van der Waals surface area contributed by atoms with Gasteiger partial charge in [0.25, 0.3) is 0 Å². The molecule has 0 saturated heterocycles. The van der Waals surface area contributed by atoms with E-state index in [0.717, 1.165) is 48.2 Å². The lowest BCUT2D eigenvalue weighted by Crippen LogP contribution is -2.19. The zero-order valence-electron chi connectivity index (χ0n) is 19.5. The number of imidazole rings is 1. The molecule has 0 saturated carbocycles. The molecule has 0 aliphatic carbocycles. The van der Waals surface area contributed by atoms with Crippen molar-refractivity contribution in [1.29, 1.82) is 5.26 Å². The highest BCUT2D eigenvalue weighted by Crippen LogP contribution is 2.30. The molecule has 0 bridgehead atoms. The van der Waals surface area contributed by atoms with Crippen LogP contribution >= 0.6 is 11.8 Å². The summed E-state index contributed by atoms with van der Waals surface area (Å²) in [6.07, 6.45) is 6.01. The summed E-state index contributed by atoms with van der Waals surface area (Å²) in [5, 5.41) is 16.3. The number of aromatic nitrogens is 3. The Balaban J connectivity index is 1.64. The number of nitriles is 1. The third-order valence-electron chi connectivity index (χ3n) is 5.43. The number of ether oxygens (including phenoxy) is 1. The van der Waals surface area contributed by atoms with Gasteiger partial charge >= 0.3 is 0 Å². The molecule has 3 aromatic rings. The first-order valence-corrected chi connectivity index (χ1v) is 12.1. The third-order valence-corrected chi connectivity index (χ3v) is 6.30. The van der Waals surface area contributed by atoms with Crippen molar-refractivity contribution in [2.24, 2.45) is 0 Å². The summed E-state index contributed by atoms with van der Waals surface area (Å²) in [4.78, 5) is 24.4. The normalized spacial score (nSPS) is 11.7. The minimum Gasteiger partial charge on any atom is -0.495 e. The second-order valence-electron chi connectivity index (χ2n) is 7.79. The van der Waals surface area contributed by atoms with Crippen molar-refractivity contribution in [2.75, 3.05) is 23.5 Å². The molecular weight excluding hydrogens is 436 g/mol. The largest absolute Gasteiger partial charge is 0.495 e. The van der Waals surface area contributed by atoms with Crippen LogP contribution in [0.2, 0.25) is 0 Å². The minimum atomic E-state index is -0.137. The van der Waals surface area contributed by atoms with Crippen LogP contribution in [0.15, 0.2) is 29.6 Å². The zero-order chi connectivity index (χ0) is 23.8. The average molecular weight is 467 g/mol. The Morgan fingerprint density at radius 3 is 2.88 bits per heavy atom. The number of carbonyl (C=O) groups is 1. The van der Waals surface area contributed by atoms with E-state index in [1.54, 1.807) is 13.3 Å². The van der Waals surface area contributed by atoms with Gasteiger partial charge in [-0.3, -0.25) is 4.79 Å². The number of benzene rings is 1. The van der Waals surface area contributed by atoms with E-state index < -0.39 is 0 Å². The van der Waals surface area contributed by atoms with Crippen LogP contribution in [0.3, 0.4) is 0 Å². The Hall–Kier alpha value is -3.25. The minimum absolute atomic E-state index is 0.137. The number of fused-ring (bicyclic) bond motifs is 1. The molecule has 2 heterocycles. The lowest BCUT2D eigenvalue weighted by atomic mass is 10.1. The fourth-order valence-electron chi connectivity index (χ4n) is 3.54. The van der Waals surface area contributed by atoms with Gasteiger partial charge in [0.05, 0.1) is 35.8 Å². The van der Waals surface area contributed by atoms with Gasteiger partial charge in [0.2, 0.25) is 5.91 Å². The van der Waals surface area contributed by atoms with Crippen LogP contribution in [-0.4, -0.2) is 39.8 Å². The third kappa shape index (κ3) is 6.17. The number of pyridine rings is 1. The number of hydrogen-bond acceptors (Lipinski definition) is 7. The molecule has 2 aromatic heterocycles. The van der Waals surface area contributed by atoms with Crippen molar-refractivity contribution in [3.8, 4) is 11.8 Å². The van der Waals surface area contributed by atoms with E-state index in [4.69, 9.17) is 10.00 Å². The van der Waals surface area contributed by atoms with Gasteiger partial charge in [-0.25, -0.2) is 9.97 Å². The highest BCUT2D eigenvalue weighted by molar-refractivity contribution is 7.99. The van der Waals surface area contributed by atoms with E-state index >= 15 is 0 Å². The van der Waals surface area contributed by atoms with Crippen LogP contribution in [0.5, 0.6) is 5.75 Å². The summed E-state index contributed by atoms with van der Waals surface area (Å²) in [7, 11) is 1.65. The van der Waals surface area contributed by atoms with E-state index in [9.17, 15) is 4.79 Å². The fraction of sp³-hybridized carbons (Fsp3) is 0.417. The summed E-state index contributed by atoms with van der Waals surface area (Å²) >= 11 is 1.30. The molecule has 0 aliphatic rings. The molecule has 0 unspecified atom stereocenters. The summed E-state index contributed by atoms with van der Waals surface area (Å²) in [5.41, 5.74) is 4.10. The van der Waals surface area contributed by atoms with Gasteiger partial charge in [0.1, 0.15) is 17.5 Å². The van der Waals surface area contributed by atoms with E-state index in [0.29, 0.717) is 28.1 Å². The molecular formula is C24H30N6O2S. The van der Waals surface area contributed by atoms with E-state index in [-0.39, 0.29) is 11.7 Å². The molecule has 0 spiro atoms. The topological polar surface area (TPSA) is 116 Å². The first-order chi connectivity index (χ1) is 16.0. The highest BCUT2D eigenvalue weighted by Gasteiger charge is 2.14. The van der Waals surface area contributed by atoms with Gasteiger partial charge < -0.3 is 20.4 Å². The molecule has 174 valence electrons. The first kappa shape index (κ1) is 24.4. The predicted molar refractivity (Wildman–Crippen MR) is 133 cm³/mol. The van der Waals surface area contributed by atoms with Gasteiger partial charge in [-0.15, -0.1) is 0 Å². The Labute approximate surface area is 198 Å². The number of H-pyrrole nitrogens is 1. The molecule has 1 aromatic carbocycles. The number of amides is 1. The summed E-state index contributed by atoms with van der Waals surface area (Å²) in [5.74, 6) is 0.808. The molecule has 0 aliphatic heterocycles. The lowest BCUT2D eigenvalue weighted by Gasteiger charge is -2.20. The molecule has 33 heavy (non-hydrogen) atoms. The smallest absolute Gasteiger partial charge is 0.234 e. The Kier molecular flexibility index (Phi) is 8.55. The molecule has 9 heteroatoms. The monoisotopic (exact) mass is 466 g/mol. The lowest BCUT2D eigenvalue weighted by molar-refractivity contribution is -0.113. The number of nitrogens with zero attached hydrogens (tertiary/aromatic N) is 3. The Morgan fingerprint density at radius 2 is 2.18 bits per heavy atom. The van der Waals surface area contributed by atoms with Crippen molar-refractivity contribution < 1.29 is 9.53 Å². The molecule has 8 nitrogen and oxygen atoms in total. The molecule has 1 amide bonds. The van der Waals surface area contributed by atoms with E-state index in [1.165, 1.54) is 11.8 Å². The number of carbonyl (C=O) groups excluding carboxylic acids is 1. The van der Waals surface area contributed by atoms with Crippen molar-refractivity contribution in [1.82, 2.24) is 15.0 Å². The zero-order valence-corrected chi connectivity index (χ0v) is 20.3.